The van der Waals surface area contributed by atoms with Gasteiger partial charge < -0.3 is 15.0 Å². The third kappa shape index (κ3) is 7.52. The second-order valence-corrected chi connectivity index (χ2v) is 12.6. The number of alkyl halides is 2. The van der Waals surface area contributed by atoms with E-state index in [-0.39, 0.29) is 52.5 Å². The van der Waals surface area contributed by atoms with E-state index in [1.54, 1.807) is 12.3 Å². The van der Waals surface area contributed by atoms with Gasteiger partial charge in [0.05, 0.1) is 41.2 Å². The Hall–Kier alpha value is -2.94. The lowest BCUT2D eigenvalue weighted by Gasteiger charge is -2.36. The van der Waals surface area contributed by atoms with Crippen LogP contribution in [-0.2, 0) is 26.0 Å². The predicted molar refractivity (Wildman–Crippen MR) is 163 cm³/mol. The molecule has 0 bridgehead atoms. The summed E-state index contributed by atoms with van der Waals surface area (Å²) in [7, 11) is -4.70. The Morgan fingerprint density at radius 3 is 2.57 bits per heavy atom. The minimum Gasteiger partial charge on any atom is -0.372 e. The Kier molecular flexibility index (Phi) is 10.3. The van der Waals surface area contributed by atoms with Crippen LogP contribution in [0.5, 0.6) is 0 Å². The highest BCUT2D eigenvalue weighted by molar-refractivity contribution is 7.89. The van der Waals surface area contributed by atoms with Gasteiger partial charge in [-0.2, -0.15) is 26.6 Å². The smallest absolute Gasteiger partial charge is 0.350 e. The van der Waals surface area contributed by atoms with Crippen molar-refractivity contribution in [2.24, 2.45) is 0 Å². The van der Waals surface area contributed by atoms with Gasteiger partial charge in [-0.1, -0.05) is 12.5 Å². The lowest BCUT2D eigenvalue weighted by Crippen LogP contribution is -2.46. The molecule has 0 spiro atoms. The van der Waals surface area contributed by atoms with Crippen LogP contribution in [0.3, 0.4) is 0 Å². The zero-order chi connectivity index (χ0) is 29.1. The first kappa shape index (κ1) is 32.0. The van der Waals surface area contributed by atoms with E-state index in [0.29, 0.717) is 36.2 Å². The van der Waals surface area contributed by atoms with E-state index in [1.807, 2.05) is 44.2 Å². The Morgan fingerprint density at radius 2 is 1.83 bits per heavy atom. The minimum atomic E-state index is -4.70. The van der Waals surface area contributed by atoms with Crippen LogP contribution in [0.15, 0.2) is 42.6 Å². The molecule has 2 aliphatic rings. The van der Waals surface area contributed by atoms with Gasteiger partial charge in [-0.05, 0) is 57.0 Å². The average molecular weight is 625 g/mol. The molecule has 1 amide bonds. The van der Waals surface area contributed by atoms with E-state index in [0.717, 1.165) is 34.3 Å². The normalized spacial score (nSPS) is 22.0. The van der Waals surface area contributed by atoms with Crippen molar-refractivity contribution in [2.45, 2.75) is 63.5 Å². The summed E-state index contributed by atoms with van der Waals surface area (Å²) in [5.41, 5.74) is 2.56. The van der Waals surface area contributed by atoms with Crippen LogP contribution in [0.1, 0.15) is 40.2 Å². The van der Waals surface area contributed by atoms with Crippen molar-refractivity contribution in [1.82, 2.24) is 24.6 Å². The molecular formula is C28H38F2N6O4S2. The third-order valence-electron chi connectivity index (χ3n) is 7.30. The summed E-state index contributed by atoms with van der Waals surface area (Å²) in [5.74, 6) is -2.99. The standard InChI is InChI=1S/C28H34F2N6O4S.H2S.H2/c1-18-15-35(16-19(2)40-18)26-8-5-7-23(34-26)24-10-9-20-14-31-22(12-25(20)33-24)13-27(37)32-21-6-3-4-11-36(17-21)41(38,39)28(29)30;;/h5,7-10,12,14,18-19,21,28H,3-4,6,11,13,15-17H2,1-2H3,(H,32,37);1H2;1H/t18-,19+,21-;;/m0../s1. The first-order valence-electron chi connectivity index (χ1n) is 13.8. The fourth-order valence-electron chi connectivity index (χ4n) is 5.42. The number of aromatic nitrogens is 3. The number of hydrogen-bond donors (Lipinski definition) is 1. The summed E-state index contributed by atoms with van der Waals surface area (Å²) in [5, 5.41) is 3.61. The van der Waals surface area contributed by atoms with Gasteiger partial charge >= 0.3 is 5.76 Å². The maximum atomic E-state index is 13.1. The summed E-state index contributed by atoms with van der Waals surface area (Å²) in [6, 6.07) is 10.8. The van der Waals surface area contributed by atoms with Gasteiger partial charge in [0.2, 0.25) is 5.91 Å². The molecule has 3 atom stereocenters. The number of halogens is 2. The van der Waals surface area contributed by atoms with Crippen LogP contribution in [0.25, 0.3) is 22.3 Å². The zero-order valence-corrected chi connectivity index (χ0v) is 25.4. The fourth-order valence-corrected chi connectivity index (χ4v) is 6.41. The van der Waals surface area contributed by atoms with Gasteiger partial charge in [0.25, 0.3) is 10.0 Å². The van der Waals surface area contributed by atoms with Gasteiger partial charge in [-0.25, -0.2) is 18.4 Å². The number of amides is 1. The molecule has 0 aromatic carbocycles. The predicted octanol–water partition coefficient (Wildman–Crippen LogP) is 3.73. The summed E-state index contributed by atoms with van der Waals surface area (Å²) >= 11 is 0. The van der Waals surface area contributed by atoms with Gasteiger partial charge in [0.15, 0.2) is 0 Å². The maximum Gasteiger partial charge on any atom is 0.350 e. The number of morpholine rings is 1. The number of sulfonamides is 1. The van der Waals surface area contributed by atoms with Crippen molar-refractivity contribution in [1.29, 1.82) is 0 Å². The molecule has 5 heterocycles. The number of hydrogen-bond acceptors (Lipinski definition) is 8. The van der Waals surface area contributed by atoms with Crippen molar-refractivity contribution in [3.05, 3.63) is 48.3 Å². The molecule has 3 aromatic heterocycles. The monoisotopic (exact) mass is 624 g/mol. The van der Waals surface area contributed by atoms with Gasteiger partial charge in [-0.15, -0.1) is 0 Å². The van der Waals surface area contributed by atoms with Crippen LogP contribution in [0.2, 0.25) is 0 Å². The average Bonchev–Trinajstić information content (AvgIpc) is 3.18. The van der Waals surface area contributed by atoms with E-state index in [2.05, 4.69) is 15.2 Å². The van der Waals surface area contributed by atoms with Crippen LogP contribution in [-0.4, -0.2) is 83.8 Å². The molecule has 3 aromatic rings. The fraction of sp³-hybridized carbons (Fsp3) is 0.500. The number of carbonyl (C=O) groups excluding carboxylic acids is 1. The van der Waals surface area contributed by atoms with E-state index in [9.17, 15) is 22.0 Å². The number of anilines is 1. The molecule has 2 fully saturated rings. The van der Waals surface area contributed by atoms with Crippen molar-refractivity contribution in [3.8, 4) is 11.4 Å². The molecule has 0 saturated carbocycles. The third-order valence-corrected chi connectivity index (χ3v) is 8.80. The van der Waals surface area contributed by atoms with Gasteiger partial charge in [-0.3, -0.25) is 9.78 Å². The van der Waals surface area contributed by atoms with Crippen molar-refractivity contribution in [2.75, 3.05) is 31.1 Å². The first-order valence-corrected chi connectivity index (χ1v) is 15.3. The number of nitrogens with zero attached hydrogens (tertiary/aromatic N) is 5. The highest BCUT2D eigenvalue weighted by Crippen LogP contribution is 2.24. The Balaban J connectivity index is 0.00000253. The number of ether oxygens (including phenoxy) is 1. The van der Waals surface area contributed by atoms with E-state index >= 15 is 0 Å². The maximum absolute atomic E-state index is 13.1. The summed E-state index contributed by atoms with van der Waals surface area (Å²) in [4.78, 5) is 29.1. The van der Waals surface area contributed by atoms with E-state index < -0.39 is 21.8 Å². The molecule has 14 heteroatoms. The van der Waals surface area contributed by atoms with Crippen molar-refractivity contribution in [3.63, 3.8) is 0 Å². The first-order chi connectivity index (χ1) is 19.6. The van der Waals surface area contributed by atoms with E-state index in [4.69, 9.17) is 14.7 Å². The lowest BCUT2D eigenvalue weighted by atomic mass is 10.1. The number of carbonyl (C=O) groups is 1. The topological polar surface area (TPSA) is 118 Å². The Morgan fingerprint density at radius 1 is 1.10 bits per heavy atom. The molecule has 5 rings (SSSR count). The molecule has 2 saturated heterocycles. The van der Waals surface area contributed by atoms with Crippen LogP contribution >= 0.6 is 13.5 Å². The summed E-state index contributed by atoms with van der Waals surface area (Å²) in [6.07, 6.45) is 3.40. The SMILES string of the molecule is C[C@@H]1CN(c2cccc(-c3ccc4cnc(CC(=O)N[C@H]5CCCCN(S(=O)(=O)C(F)F)C5)cc4n3)n2)C[C@H](C)O1.S.[HH]. The van der Waals surface area contributed by atoms with Crippen LogP contribution in [0, 0.1) is 0 Å². The number of pyridine rings is 3. The van der Waals surface area contributed by atoms with Crippen LogP contribution < -0.4 is 10.2 Å². The Labute approximate surface area is 252 Å². The largest absolute Gasteiger partial charge is 0.372 e. The number of fused-ring (bicyclic) bond motifs is 1. The summed E-state index contributed by atoms with van der Waals surface area (Å²) < 4.78 is 56.7. The summed E-state index contributed by atoms with van der Waals surface area (Å²) in [6.45, 7) is 5.44. The molecule has 1 N–H and O–H groups in total. The number of rotatable bonds is 7. The number of nitrogens with one attached hydrogen (secondary N) is 1. The highest BCUT2D eigenvalue weighted by atomic mass is 32.2. The lowest BCUT2D eigenvalue weighted by molar-refractivity contribution is -0.121. The molecule has 0 unspecified atom stereocenters. The van der Waals surface area contributed by atoms with Gasteiger partial charge in [0.1, 0.15) is 5.82 Å². The minimum absolute atomic E-state index is 0. The molecule has 0 radical (unpaired) electrons. The quantitative estimate of drug-likeness (QED) is 0.423. The molecule has 0 aliphatic carbocycles. The van der Waals surface area contributed by atoms with Crippen molar-refractivity contribution >= 4 is 46.1 Å². The second kappa shape index (κ2) is 13.6. The second-order valence-electron chi connectivity index (χ2n) is 10.7. The Bertz CT molecular complexity index is 1510. The molecular weight excluding hydrogens is 586 g/mol. The highest BCUT2D eigenvalue weighted by Gasteiger charge is 2.35. The molecule has 2 aliphatic heterocycles. The molecule has 42 heavy (non-hydrogen) atoms. The molecule has 230 valence electrons. The van der Waals surface area contributed by atoms with Gasteiger partial charge in [0, 0.05) is 45.2 Å². The zero-order valence-electron chi connectivity index (χ0n) is 23.5. The van der Waals surface area contributed by atoms with Crippen LogP contribution in [0.4, 0.5) is 14.6 Å². The van der Waals surface area contributed by atoms with E-state index in [1.165, 1.54) is 0 Å². The van der Waals surface area contributed by atoms with Crippen molar-refractivity contribution < 1.29 is 28.2 Å². The molecule has 10 nitrogen and oxygen atoms in total.